The number of hydrogen-bond acceptors (Lipinski definition) is 10. The number of methoxy groups -OCH3 is 1. The van der Waals surface area contributed by atoms with E-state index in [4.69, 9.17) is 9.57 Å². The molecule has 244 valence electrons. The summed E-state index contributed by atoms with van der Waals surface area (Å²) in [7, 11) is 3.76. The van der Waals surface area contributed by atoms with Crippen LogP contribution in [0.1, 0.15) is 30.9 Å². The molecule has 46 heavy (non-hydrogen) atoms. The van der Waals surface area contributed by atoms with Crippen LogP contribution in [-0.2, 0) is 9.63 Å². The van der Waals surface area contributed by atoms with Crippen LogP contribution in [0.15, 0.2) is 55.4 Å². The summed E-state index contributed by atoms with van der Waals surface area (Å²) in [6, 6.07) is 9.01. The molecule has 0 radical (unpaired) electrons. The Morgan fingerprint density at radius 3 is 2.46 bits per heavy atom. The maximum absolute atomic E-state index is 14.7. The maximum Gasteiger partial charge on any atom is 0.247 e. The molecule has 1 aromatic heterocycles. The number of benzene rings is 2. The van der Waals surface area contributed by atoms with E-state index < -0.39 is 17.7 Å². The Balaban J connectivity index is 1.23. The number of anilines is 5. The lowest BCUT2D eigenvalue weighted by molar-refractivity contribution is -0.111. The van der Waals surface area contributed by atoms with Crippen LogP contribution in [0.2, 0.25) is 0 Å². The van der Waals surface area contributed by atoms with Gasteiger partial charge in [-0.3, -0.25) is 14.5 Å². The van der Waals surface area contributed by atoms with Crippen LogP contribution in [0.3, 0.4) is 0 Å². The summed E-state index contributed by atoms with van der Waals surface area (Å²) in [5.41, 5.74) is 1.96. The molecule has 0 saturated carbocycles. The number of amides is 1. The number of carbonyl (C=O) groups is 1. The summed E-state index contributed by atoms with van der Waals surface area (Å²) in [6.07, 6.45) is 5.03. The van der Waals surface area contributed by atoms with E-state index in [1.165, 1.54) is 35.7 Å². The predicted octanol–water partition coefficient (Wildman–Crippen LogP) is 4.73. The second-order valence-electron chi connectivity index (χ2n) is 11.8. The zero-order valence-corrected chi connectivity index (χ0v) is 26.2. The molecule has 3 aliphatic heterocycles. The molecule has 3 fully saturated rings. The molecule has 1 unspecified atom stereocenters. The van der Waals surface area contributed by atoms with Crippen LogP contribution < -0.4 is 25.3 Å². The van der Waals surface area contributed by atoms with Gasteiger partial charge in [0, 0.05) is 69.4 Å². The number of piperidine rings is 1. The fourth-order valence-corrected chi connectivity index (χ4v) is 6.50. The van der Waals surface area contributed by atoms with Crippen LogP contribution >= 0.6 is 0 Å². The molecule has 13 heteroatoms. The summed E-state index contributed by atoms with van der Waals surface area (Å²) >= 11 is 0. The number of piperazine rings is 1. The monoisotopic (exact) mass is 634 g/mol. The Morgan fingerprint density at radius 2 is 1.76 bits per heavy atom. The Bertz CT molecular complexity index is 1540. The molecule has 6 rings (SSSR count). The molecule has 1 amide bonds. The Hall–Kier alpha value is -4.33. The van der Waals surface area contributed by atoms with Gasteiger partial charge in [0.05, 0.1) is 36.8 Å². The van der Waals surface area contributed by atoms with Gasteiger partial charge in [-0.15, -0.1) is 0 Å². The quantitative estimate of drug-likeness (QED) is 0.322. The lowest BCUT2D eigenvalue weighted by atomic mass is 10.0. The third-order valence-electron chi connectivity index (χ3n) is 9.00. The number of halogens is 2. The highest BCUT2D eigenvalue weighted by molar-refractivity contribution is 6.02. The predicted molar refractivity (Wildman–Crippen MR) is 174 cm³/mol. The maximum atomic E-state index is 14.7. The molecule has 0 spiro atoms. The van der Waals surface area contributed by atoms with E-state index in [-0.39, 0.29) is 18.1 Å². The van der Waals surface area contributed by atoms with Crippen molar-refractivity contribution >= 4 is 34.6 Å². The van der Waals surface area contributed by atoms with Gasteiger partial charge in [-0.2, -0.15) is 0 Å². The van der Waals surface area contributed by atoms with Gasteiger partial charge in [-0.25, -0.2) is 23.8 Å². The van der Waals surface area contributed by atoms with Crippen LogP contribution in [0.4, 0.5) is 37.5 Å². The minimum Gasteiger partial charge on any atom is -0.494 e. The molecule has 3 saturated heterocycles. The molecule has 11 nitrogen and oxygen atoms in total. The van der Waals surface area contributed by atoms with Crippen molar-refractivity contribution in [3.05, 3.63) is 72.6 Å². The lowest BCUT2D eigenvalue weighted by Gasteiger charge is -2.43. The zero-order valence-electron chi connectivity index (χ0n) is 26.2. The minimum atomic E-state index is -0.695. The Morgan fingerprint density at radius 1 is 1.02 bits per heavy atom. The first-order valence-electron chi connectivity index (χ1n) is 15.6. The summed E-state index contributed by atoms with van der Waals surface area (Å²) in [5.74, 6) is -0.330. The highest BCUT2D eigenvalue weighted by Crippen LogP contribution is 2.41. The van der Waals surface area contributed by atoms with E-state index in [1.54, 1.807) is 13.2 Å². The molecule has 0 bridgehead atoms. The van der Waals surface area contributed by atoms with Crippen molar-refractivity contribution in [1.82, 2.24) is 19.8 Å². The molecule has 3 aliphatic rings. The first-order chi connectivity index (χ1) is 22.3. The average molecular weight is 635 g/mol. The number of carbonyl (C=O) groups excluding carboxylic acids is 1. The SMILES string of the molecule is C=CC(=O)Nc1cc(Nc2cc(N3OCCC3c3c(F)cccc3F)ncn2)c(OC)cc1N1CCC(N2CCN(C)CC2)CC1. The van der Waals surface area contributed by atoms with Crippen molar-refractivity contribution in [3.63, 3.8) is 0 Å². The third kappa shape index (κ3) is 6.76. The molecular formula is C33H40F2N8O3. The molecular weight excluding hydrogens is 594 g/mol. The van der Waals surface area contributed by atoms with Crippen molar-refractivity contribution in [2.75, 3.05) is 80.6 Å². The first-order valence-corrected chi connectivity index (χ1v) is 15.6. The van der Waals surface area contributed by atoms with E-state index >= 15 is 0 Å². The largest absolute Gasteiger partial charge is 0.494 e. The van der Waals surface area contributed by atoms with Gasteiger partial charge in [0.25, 0.3) is 0 Å². The van der Waals surface area contributed by atoms with Crippen molar-refractivity contribution in [3.8, 4) is 5.75 Å². The summed E-state index contributed by atoms with van der Waals surface area (Å²) in [5, 5.41) is 7.64. The standard InChI is InChI=1S/C33H40F2N8O3/c1-4-32(44)39-25-18-26(29(45-3)19-28(25)42-11-8-22(9-12-42)41-15-13-40(2)14-16-41)38-30-20-31(37-21-36-30)43-27(10-17-46-43)33-23(34)6-5-7-24(33)35/h4-7,18-22,27H,1,8-17H2,2-3H3,(H,39,44)(H,36,37,38). The number of nitrogens with one attached hydrogen (secondary N) is 2. The number of aromatic nitrogens is 2. The average Bonchev–Trinajstić information content (AvgIpc) is 3.55. The van der Waals surface area contributed by atoms with Gasteiger partial charge in [0.1, 0.15) is 29.5 Å². The molecule has 2 N–H and O–H groups in total. The van der Waals surface area contributed by atoms with E-state index in [0.29, 0.717) is 41.2 Å². The molecule has 0 aliphatic carbocycles. The van der Waals surface area contributed by atoms with Crippen LogP contribution in [-0.4, -0.2) is 91.7 Å². The number of nitrogens with zero attached hydrogens (tertiary/aromatic N) is 6. The van der Waals surface area contributed by atoms with E-state index in [0.717, 1.165) is 57.8 Å². The molecule has 2 aromatic carbocycles. The van der Waals surface area contributed by atoms with Crippen molar-refractivity contribution < 1.29 is 23.1 Å². The van der Waals surface area contributed by atoms with Crippen LogP contribution in [0, 0.1) is 11.6 Å². The normalized spacial score (nSPS) is 19.7. The number of rotatable bonds is 9. The summed E-state index contributed by atoms with van der Waals surface area (Å²) in [6.45, 7) is 9.95. The second kappa shape index (κ2) is 14.0. The smallest absolute Gasteiger partial charge is 0.247 e. The minimum absolute atomic E-state index is 0.0689. The Kier molecular flexibility index (Phi) is 9.61. The summed E-state index contributed by atoms with van der Waals surface area (Å²) < 4.78 is 35.1. The van der Waals surface area contributed by atoms with Gasteiger partial charge >= 0.3 is 0 Å². The van der Waals surface area contributed by atoms with Gasteiger partial charge in [-0.05, 0) is 44.2 Å². The van der Waals surface area contributed by atoms with E-state index in [2.05, 4.69) is 48.9 Å². The van der Waals surface area contributed by atoms with Crippen molar-refractivity contribution in [1.29, 1.82) is 0 Å². The summed E-state index contributed by atoms with van der Waals surface area (Å²) in [4.78, 5) is 34.2. The molecule has 1 atom stereocenters. The highest BCUT2D eigenvalue weighted by Gasteiger charge is 2.34. The number of ether oxygens (including phenoxy) is 1. The fraction of sp³-hybridized carbons (Fsp3) is 0.424. The van der Waals surface area contributed by atoms with Gasteiger partial charge < -0.3 is 25.2 Å². The van der Waals surface area contributed by atoms with E-state index in [1.807, 2.05) is 12.1 Å². The van der Waals surface area contributed by atoms with E-state index in [9.17, 15) is 13.6 Å². The lowest BCUT2D eigenvalue weighted by Crippen LogP contribution is -2.52. The van der Waals surface area contributed by atoms with Crippen LogP contribution in [0.5, 0.6) is 5.75 Å². The topological polar surface area (TPSA) is 98.3 Å². The van der Waals surface area contributed by atoms with Gasteiger partial charge in [0.2, 0.25) is 5.91 Å². The molecule has 3 aromatic rings. The Labute approximate surface area is 267 Å². The highest BCUT2D eigenvalue weighted by atomic mass is 19.1. The third-order valence-corrected chi connectivity index (χ3v) is 9.00. The molecule has 4 heterocycles. The number of likely N-dealkylation sites (N-methyl/N-ethyl adjacent to an activating group) is 1. The van der Waals surface area contributed by atoms with Crippen molar-refractivity contribution in [2.45, 2.75) is 31.3 Å². The van der Waals surface area contributed by atoms with Gasteiger partial charge in [-0.1, -0.05) is 12.6 Å². The fourth-order valence-electron chi connectivity index (χ4n) is 6.50. The second-order valence-corrected chi connectivity index (χ2v) is 11.8. The first kappa shape index (κ1) is 31.6. The number of hydrogen-bond donors (Lipinski definition) is 2. The zero-order chi connectivity index (χ0) is 32.2. The van der Waals surface area contributed by atoms with Crippen molar-refractivity contribution in [2.24, 2.45) is 0 Å². The number of hydroxylamine groups is 1. The van der Waals surface area contributed by atoms with Gasteiger partial charge in [0.15, 0.2) is 5.82 Å². The van der Waals surface area contributed by atoms with Crippen LogP contribution in [0.25, 0.3) is 0 Å².